The van der Waals surface area contributed by atoms with Crippen LogP contribution in [-0.2, 0) is 10.0 Å². The number of amidine groups is 1. The normalized spacial score (nSPS) is 26.1. The van der Waals surface area contributed by atoms with E-state index in [1.807, 2.05) is 0 Å². The van der Waals surface area contributed by atoms with Crippen LogP contribution in [0.4, 0.5) is 0 Å². The molecular weight excluding hydrogens is 322 g/mol. The molecule has 2 atom stereocenters. The lowest BCUT2D eigenvalue weighted by molar-refractivity contribution is 0.357. The molecule has 138 valence electrons. The van der Waals surface area contributed by atoms with Crippen LogP contribution in [0.3, 0.4) is 0 Å². The van der Waals surface area contributed by atoms with Crippen molar-refractivity contribution in [3.05, 3.63) is 11.3 Å². The van der Waals surface area contributed by atoms with Gasteiger partial charge in [0.05, 0.1) is 12.3 Å². The highest BCUT2D eigenvalue weighted by molar-refractivity contribution is 7.88. The minimum Gasteiger partial charge on any atom is -0.332 e. The number of hydrogen-bond acceptors (Lipinski definition) is 4. The fourth-order valence-corrected chi connectivity index (χ4v) is 4.60. The van der Waals surface area contributed by atoms with Crippen molar-refractivity contribution in [1.82, 2.24) is 9.21 Å². The van der Waals surface area contributed by atoms with Gasteiger partial charge in [0, 0.05) is 37.2 Å². The number of nitrogens with zero attached hydrogens (tertiary/aromatic N) is 3. The Hall–Kier alpha value is -0.880. The van der Waals surface area contributed by atoms with Gasteiger partial charge in [0.2, 0.25) is 10.0 Å². The Labute approximate surface area is 147 Å². The molecule has 0 aromatic rings. The summed E-state index contributed by atoms with van der Waals surface area (Å²) in [5.74, 6) is 1.07. The molecule has 2 aliphatic rings. The fourth-order valence-electron chi connectivity index (χ4n) is 3.92. The van der Waals surface area contributed by atoms with E-state index in [4.69, 9.17) is 4.99 Å². The standard InChI is InChI=1S/C18H33N3O2S/c1-12-15(17(2,3)4)14-10-13(20(8)24(9,22)23)11-21(14)16(19-12)18(5,6)7/h12-13H,10-11H2,1-9H3/t12-,13+/m0/s1. The minimum atomic E-state index is -3.20. The van der Waals surface area contributed by atoms with Crippen molar-refractivity contribution in [3.63, 3.8) is 0 Å². The number of fused-ring (bicyclic) bond motifs is 1. The maximum atomic E-state index is 12.0. The molecule has 0 aliphatic carbocycles. The van der Waals surface area contributed by atoms with Crippen LogP contribution in [0.15, 0.2) is 16.3 Å². The second-order valence-corrected chi connectivity index (χ2v) is 11.3. The van der Waals surface area contributed by atoms with E-state index in [0.29, 0.717) is 6.54 Å². The summed E-state index contributed by atoms with van der Waals surface area (Å²) in [4.78, 5) is 7.30. The van der Waals surface area contributed by atoms with Crippen molar-refractivity contribution in [2.45, 2.75) is 67.0 Å². The van der Waals surface area contributed by atoms with Gasteiger partial charge in [0.25, 0.3) is 0 Å². The molecule has 1 saturated heterocycles. The molecule has 5 nitrogen and oxygen atoms in total. The molecule has 0 N–H and O–H groups in total. The van der Waals surface area contributed by atoms with E-state index in [2.05, 4.69) is 53.4 Å². The largest absolute Gasteiger partial charge is 0.332 e. The van der Waals surface area contributed by atoms with Gasteiger partial charge in [-0.2, -0.15) is 4.31 Å². The van der Waals surface area contributed by atoms with Crippen LogP contribution in [0, 0.1) is 10.8 Å². The Balaban J connectivity index is 2.54. The van der Waals surface area contributed by atoms with Crippen LogP contribution in [0.5, 0.6) is 0 Å². The van der Waals surface area contributed by atoms with Crippen molar-refractivity contribution >= 4 is 15.9 Å². The van der Waals surface area contributed by atoms with E-state index < -0.39 is 10.0 Å². The van der Waals surface area contributed by atoms with Gasteiger partial charge in [-0.1, -0.05) is 41.5 Å². The monoisotopic (exact) mass is 355 g/mol. The first-order chi connectivity index (χ1) is 10.6. The average molecular weight is 356 g/mol. The lowest BCUT2D eigenvalue weighted by atomic mass is 9.79. The topological polar surface area (TPSA) is 53.0 Å². The van der Waals surface area contributed by atoms with Gasteiger partial charge in [-0.3, -0.25) is 4.99 Å². The fraction of sp³-hybridized carbons (Fsp3) is 0.833. The second kappa shape index (κ2) is 5.84. The summed E-state index contributed by atoms with van der Waals surface area (Å²) in [6, 6.07) is 0.0953. The van der Waals surface area contributed by atoms with Crippen LogP contribution < -0.4 is 0 Å². The Morgan fingerprint density at radius 3 is 2.08 bits per heavy atom. The summed E-state index contributed by atoms with van der Waals surface area (Å²) in [6.07, 6.45) is 2.04. The zero-order chi connectivity index (χ0) is 18.7. The minimum absolute atomic E-state index is 0.0124. The van der Waals surface area contributed by atoms with E-state index in [-0.39, 0.29) is 22.9 Å². The average Bonchev–Trinajstić information content (AvgIpc) is 2.76. The molecule has 0 radical (unpaired) electrons. The predicted octanol–water partition coefficient (Wildman–Crippen LogP) is 3.10. The first-order valence-electron chi connectivity index (χ1n) is 8.66. The molecule has 6 heteroatoms. The summed E-state index contributed by atoms with van der Waals surface area (Å²) in [5.41, 5.74) is 2.55. The zero-order valence-electron chi connectivity index (χ0n) is 16.6. The van der Waals surface area contributed by atoms with E-state index in [1.165, 1.54) is 21.8 Å². The van der Waals surface area contributed by atoms with Crippen LogP contribution in [-0.4, -0.2) is 55.4 Å². The van der Waals surface area contributed by atoms with Gasteiger partial charge in [-0.05, 0) is 17.9 Å². The van der Waals surface area contributed by atoms with Gasteiger partial charge in [-0.15, -0.1) is 0 Å². The molecule has 0 aromatic carbocycles. The van der Waals surface area contributed by atoms with E-state index >= 15 is 0 Å². The molecule has 1 fully saturated rings. The third kappa shape index (κ3) is 3.54. The zero-order valence-corrected chi connectivity index (χ0v) is 17.5. The summed E-state index contributed by atoms with van der Waals surface area (Å²) >= 11 is 0. The molecule has 24 heavy (non-hydrogen) atoms. The first-order valence-corrected chi connectivity index (χ1v) is 10.5. The highest BCUT2D eigenvalue weighted by atomic mass is 32.2. The second-order valence-electron chi connectivity index (χ2n) is 9.24. The SMILES string of the molecule is C[C@@H]1N=C(C(C)(C)C)N2C[C@H](N(C)S(C)(=O)=O)CC2=C1C(C)(C)C. The smallest absolute Gasteiger partial charge is 0.211 e. The lowest BCUT2D eigenvalue weighted by Crippen LogP contribution is -2.45. The van der Waals surface area contributed by atoms with E-state index in [9.17, 15) is 8.42 Å². The van der Waals surface area contributed by atoms with Gasteiger partial charge in [0.15, 0.2) is 0 Å². The van der Waals surface area contributed by atoms with E-state index in [1.54, 1.807) is 7.05 Å². The summed E-state index contributed by atoms with van der Waals surface area (Å²) < 4.78 is 25.5. The summed E-state index contributed by atoms with van der Waals surface area (Å²) in [6.45, 7) is 16.0. The Morgan fingerprint density at radius 2 is 1.67 bits per heavy atom. The first kappa shape index (κ1) is 19.4. The third-order valence-electron chi connectivity index (χ3n) is 4.96. The maximum absolute atomic E-state index is 12.0. The predicted molar refractivity (Wildman–Crippen MR) is 101 cm³/mol. The summed E-state index contributed by atoms with van der Waals surface area (Å²) in [7, 11) is -1.52. The highest BCUT2D eigenvalue weighted by Gasteiger charge is 2.44. The Morgan fingerprint density at radius 1 is 1.12 bits per heavy atom. The summed E-state index contributed by atoms with van der Waals surface area (Å²) in [5, 5.41) is 0. The molecule has 2 heterocycles. The van der Waals surface area contributed by atoms with Crippen molar-refractivity contribution < 1.29 is 8.42 Å². The molecule has 2 rings (SSSR count). The molecule has 2 aliphatic heterocycles. The number of hydrogen-bond donors (Lipinski definition) is 0. The van der Waals surface area contributed by atoms with Crippen LogP contribution in [0.25, 0.3) is 0 Å². The molecule has 0 spiro atoms. The van der Waals surface area contributed by atoms with Gasteiger partial charge < -0.3 is 4.90 Å². The quantitative estimate of drug-likeness (QED) is 0.765. The third-order valence-corrected chi connectivity index (χ3v) is 6.31. The number of likely N-dealkylation sites (N-methyl/N-ethyl adjacent to an activating group) is 1. The van der Waals surface area contributed by atoms with Crippen molar-refractivity contribution in [1.29, 1.82) is 0 Å². The molecule has 0 saturated carbocycles. The van der Waals surface area contributed by atoms with E-state index in [0.717, 1.165) is 12.3 Å². The molecule has 0 amide bonds. The molecular formula is C18H33N3O2S. The lowest BCUT2D eigenvalue weighted by Gasteiger charge is -2.41. The number of rotatable bonds is 2. The molecule has 0 aromatic heterocycles. The van der Waals surface area contributed by atoms with Crippen LogP contribution in [0.1, 0.15) is 54.9 Å². The van der Waals surface area contributed by atoms with Gasteiger partial charge in [0.1, 0.15) is 5.84 Å². The van der Waals surface area contributed by atoms with Crippen molar-refractivity contribution in [3.8, 4) is 0 Å². The van der Waals surface area contributed by atoms with Gasteiger partial charge >= 0.3 is 0 Å². The maximum Gasteiger partial charge on any atom is 0.211 e. The molecule has 0 bridgehead atoms. The number of aliphatic imine (C=N–C) groups is 1. The van der Waals surface area contributed by atoms with Crippen molar-refractivity contribution in [2.24, 2.45) is 15.8 Å². The Bertz CT molecular complexity index is 678. The molecule has 0 unspecified atom stereocenters. The highest BCUT2D eigenvalue weighted by Crippen LogP contribution is 2.43. The van der Waals surface area contributed by atoms with Gasteiger partial charge in [-0.25, -0.2) is 8.42 Å². The number of sulfonamides is 1. The van der Waals surface area contributed by atoms with Crippen molar-refractivity contribution in [2.75, 3.05) is 19.8 Å². The Kier molecular flexibility index (Phi) is 4.73. The van der Waals surface area contributed by atoms with Crippen LogP contribution in [0.2, 0.25) is 0 Å². The van der Waals surface area contributed by atoms with Crippen LogP contribution >= 0.6 is 0 Å².